The molecule has 7 heteroatoms. The Morgan fingerprint density at radius 1 is 1.47 bits per heavy atom. The normalized spacial score (nSPS) is 10.8. The van der Waals surface area contributed by atoms with Gasteiger partial charge in [-0.25, -0.2) is 4.98 Å². The first-order valence-electron chi connectivity index (χ1n) is 5.66. The molecular weight excluding hydrogens is 314 g/mol. The van der Waals surface area contributed by atoms with Crippen molar-refractivity contribution in [2.45, 2.75) is 13.0 Å². The van der Waals surface area contributed by atoms with Gasteiger partial charge in [-0.05, 0) is 28.1 Å². The molecule has 19 heavy (non-hydrogen) atoms. The second-order valence-corrected chi connectivity index (χ2v) is 4.90. The maximum absolute atomic E-state index is 11.9. The van der Waals surface area contributed by atoms with Crippen LogP contribution in [0.1, 0.15) is 12.1 Å². The molecule has 0 saturated carbocycles. The van der Waals surface area contributed by atoms with Crippen LogP contribution in [0.3, 0.4) is 0 Å². The second-order valence-electron chi connectivity index (χ2n) is 3.98. The molecular formula is C12H12BrN3O3. The highest BCUT2D eigenvalue weighted by Gasteiger charge is 2.03. The van der Waals surface area contributed by atoms with E-state index >= 15 is 0 Å². The van der Waals surface area contributed by atoms with Crippen LogP contribution in [0, 0.1) is 0 Å². The highest BCUT2D eigenvalue weighted by Crippen LogP contribution is 2.09. The average Bonchev–Trinajstić information content (AvgIpc) is 2.35. The Morgan fingerprint density at radius 2 is 2.26 bits per heavy atom. The zero-order valence-corrected chi connectivity index (χ0v) is 11.6. The summed E-state index contributed by atoms with van der Waals surface area (Å²) in [6, 6.07) is 4.99. The first kappa shape index (κ1) is 13.7. The first-order valence-corrected chi connectivity index (χ1v) is 6.46. The minimum Gasteiger partial charge on any atom is -0.481 e. The zero-order chi connectivity index (χ0) is 13.8. The Labute approximate surface area is 117 Å². The molecule has 0 unspecified atom stereocenters. The Bertz CT molecular complexity index is 669. The lowest BCUT2D eigenvalue weighted by Gasteiger charge is -2.05. The van der Waals surface area contributed by atoms with Crippen LogP contribution in [0.15, 0.2) is 33.7 Å². The van der Waals surface area contributed by atoms with Gasteiger partial charge in [-0.1, -0.05) is 0 Å². The molecule has 6 nitrogen and oxygen atoms in total. The summed E-state index contributed by atoms with van der Waals surface area (Å²) in [7, 11) is 0. The van der Waals surface area contributed by atoms with Gasteiger partial charge in [0.15, 0.2) is 0 Å². The number of carboxylic acids is 1. The van der Waals surface area contributed by atoms with Gasteiger partial charge in [0.2, 0.25) is 0 Å². The molecule has 0 aromatic carbocycles. The number of hydrogen-bond donors (Lipinski definition) is 2. The van der Waals surface area contributed by atoms with Crippen molar-refractivity contribution >= 4 is 27.5 Å². The van der Waals surface area contributed by atoms with Crippen molar-refractivity contribution in [1.29, 1.82) is 0 Å². The van der Waals surface area contributed by atoms with Crippen molar-refractivity contribution in [3.05, 3.63) is 44.9 Å². The van der Waals surface area contributed by atoms with E-state index in [0.29, 0.717) is 24.4 Å². The van der Waals surface area contributed by atoms with Crippen LogP contribution in [-0.4, -0.2) is 27.0 Å². The molecule has 2 rings (SSSR count). The summed E-state index contributed by atoms with van der Waals surface area (Å²) in [5, 5.41) is 11.4. The highest BCUT2D eigenvalue weighted by molar-refractivity contribution is 9.10. The number of aromatic nitrogens is 2. The SMILES string of the molecule is O=C(O)CCNCc1cc(=O)n2cc(Br)ccc2n1. The van der Waals surface area contributed by atoms with Crippen LogP contribution in [0.5, 0.6) is 0 Å². The lowest BCUT2D eigenvalue weighted by Crippen LogP contribution is -2.21. The molecule has 0 amide bonds. The molecule has 2 heterocycles. The number of rotatable bonds is 5. The number of aliphatic carboxylic acids is 1. The zero-order valence-electron chi connectivity index (χ0n) is 9.97. The second kappa shape index (κ2) is 5.94. The van der Waals surface area contributed by atoms with E-state index in [9.17, 15) is 9.59 Å². The van der Waals surface area contributed by atoms with E-state index in [-0.39, 0.29) is 12.0 Å². The Morgan fingerprint density at radius 3 is 3.00 bits per heavy atom. The first-order chi connectivity index (χ1) is 9.06. The predicted molar refractivity (Wildman–Crippen MR) is 73.1 cm³/mol. The minimum absolute atomic E-state index is 0.0412. The van der Waals surface area contributed by atoms with E-state index in [4.69, 9.17) is 5.11 Å². The number of carboxylic acid groups (broad SMARTS) is 1. The molecule has 0 saturated heterocycles. The van der Waals surface area contributed by atoms with Crippen LogP contribution in [0.2, 0.25) is 0 Å². The fraction of sp³-hybridized carbons (Fsp3) is 0.250. The molecule has 2 aromatic rings. The third kappa shape index (κ3) is 3.62. The molecule has 0 aliphatic carbocycles. The molecule has 0 radical (unpaired) electrons. The lowest BCUT2D eigenvalue weighted by molar-refractivity contribution is -0.136. The summed E-state index contributed by atoms with van der Waals surface area (Å²) < 4.78 is 2.25. The van der Waals surface area contributed by atoms with Crippen molar-refractivity contribution in [3.63, 3.8) is 0 Å². The van der Waals surface area contributed by atoms with Gasteiger partial charge >= 0.3 is 5.97 Å². The van der Waals surface area contributed by atoms with Crippen molar-refractivity contribution in [3.8, 4) is 0 Å². The quantitative estimate of drug-likeness (QED) is 0.802. The van der Waals surface area contributed by atoms with Crippen LogP contribution in [0.4, 0.5) is 0 Å². The van der Waals surface area contributed by atoms with Crippen molar-refractivity contribution in [2.24, 2.45) is 0 Å². The summed E-state index contributed by atoms with van der Waals surface area (Å²) in [6.45, 7) is 0.714. The van der Waals surface area contributed by atoms with E-state index in [1.165, 1.54) is 10.5 Å². The van der Waals surface area contributed by atoms with E-state index < -0.39 is 5.97 Å². The highest BCUT2D eigenvalue weighted by atomic mass is 79.9. The summed E-state index contributed by atoms with van der Waals surface area (Å²) >= 11 is 3.29. The third-order valence-electron chi connectivity index (χ3n) is 2.50. The van der Waals surface area contributed by atoms with Gasteiger partial charge in [-0.15, -0.1) is 0 Å². The molecule has 0 atom stereocenters. The summed E-state index contributed by atoms with van der Waals surface area (Å²) in [4.78, 5) is 26.6. The molecule has 0 aliphatic heterocycles. The molecule has 0 aliphatic rings. The molecule has 2 N–H and O–H groups in total. The van der Waals surface area contributed by atoms with E-state index in [1.54, 1.807) is 12.3 Å². The molecule has 2 aromatic heterocycles. The van der Waals surface area contributed by atoms with Crippen molar-refractivity contribution < 1.29 is 9.90 Å². The maximum atomic E-state index is 11.9. The van der Waals surface area contributed by atoms with Gasteiger partial charge in [-0.3, -0.25) is 14.0 Å². The van der Waals surface area contributed by atoms with E-state index in [1.807, 2.05) is 6.07 Å². The van der Waals surface area contributed by atoms with Gasteiger partial charge in [-0.2, -0.15) is 0 Å². The smallest absolute Gasteiger partial charge is 0.304 e. The molecule has 100 valence electrons. The van der Waals surface area contributed by atoms with E-state index in [0.717, 1.165) is 4.47 Å². The average molecular weight is 326 g/mol. The number of fused-ring (bicyclic) bond motifs is 1. The molecule has 0 spiro atoms. The van der Waals surface area contributed by atoms with Crippen molar-refractivity contribution in [2.75, 3.05) is 6.54 Å². The fourth-order valence-electron chi connectivity index (χ4n) is 1.63. The topological polar surface area (TPSA) is 83.7 Å². The predicted octanol–water partition coefficient (Wildman–Crippen LogP) is 1.02. The monoisotopic (exact) mass is 325 g/mol. The van der Waals surface area contributed by atoms with Gasteiger partial charge < -0.3 is 10.4 Å². The maximum Gasteiger partial charge on any atom is 0.304 e. The summed E-state index contributed by atoms with van der Waals surface area (Å²) in [5.74, 6) is -0.858. The Balaban J connectivity index is 2.15. The lowest BCUT2D eigenvalue weighted by atomic mass is 10.3. The van der Waals surface area contributed by atoms with E-state index in [2.05, 4.69) is 26.2 Å². The number of halogens is 1. The van der Waals surface area contributed by atoms with Crippen LogP contribution in [0.25, 0.3) is 5.65 Å². The van der Waals surface area contributed by atoms with Crippen molar-refractivity contribution in [1.82, 2.24) is 14.7 Å². The summed E-state index contributed by atoms with van der Waals surface area (Å²) in [6.07, 6.45) is 1.70. The van der Waals surface area contributed by atoms with Gasteiger partial charge in [0.05, 0.1) is 12.1 Å². The molecule has 0 bridgehead atoms. The minimum atomic E-state index is -0.858. The number of hydrogen-bond acceptors (Lipinski definition) is 4. The Hall–Kier alpha value is -1.73. The van der Waals surface area contributed by atoms with Gasteiger partial charge in [0, 0.05) is 29.8 Å². The van der Waals surface area contributed by atoms with Crippen LogP contribution in [-0.2, 0) is 11.3 Å². The number of pyridine rings is 1. The van der Waals surface area contributed by atoms with Gasteiger partial charge in [0.1, 0.15) is 5.65 Å². The fourth-order valence-corrected chi connectivity index (χ4v) is 1.97. The number of carbonyl (C=O) groups is 1. The number of nitrogens with zero attached hydrogens (tertiary/aromatic N) is 2. The number of nitrogens with one attached hydrogen (secondary N) is 1. The standard InChI is InChI=1S/C12H12BrN3O3/c13-8-1-2-10-15-9(5-11(17)16(10)7-8)6-14-4-3-12(18)19/h1-2,5,7,14H,3-4,6H2,(H,18,19). The molecule has 0 fully saturated rings. The van der Waals surface area contributed by atoms with Gasteiger partial charge in [0.25, 0.3) is 5.56 Å². The third-order valence-corrected chi connectivity index (χ3v) is 2.97. The van der Waals surface area contributed by atoms with Crippen LogP contribution >= 0.6 is 15.9 Å². The Kier molecular flexibility index (Phi) is 4.28. The van der Waals surface area contributed by atoms with Crippen LogP contribution < -0.4 is 10.9 Å². The summed E-state index contributed by atoms with van der Waals surface area (Å²) in [5.41, 5.74) is 0.991. The largest absolute Gasteiger partial charge is 0.481 e.